The van der Waals surface area contributed by atoms with Crippen molar-refractivity contribution in [3.05, 3.63) is 58.3 Å². The van der Waals surface area contributed by atoms with Crippen molar-refractivity contribution in [2.24, 2.45) is 0 Å². The first-order chi connectivity index (χ1) is 22.6. The molecule has 1 heterocycles. The van der Waals surface area contributed by atoms with E-state index in [1.54, 1.807) is 35.5 Å². The standard InChI is InChI=1S/C33H45ClFN5O6S2/c1-33(2,3)46-32(41)39(5)16-15-38(4)28-11-9-8-10-26(28)37-27-20-25(35)30(19-24(27)34)48(42,43)40(31-36-14-17-47-31)21-22-12-13-23(44-6)18-29(22)45-7/h12-14,17-20,26,28,37H,8-11,15-16,21H2,1-7H3/t26-,28-/m0/s1. The lowest BCUT2D eigenvalue weighted by atomic mass is 9.89. The van der Waals surface area contributed by atoms with Gasteiger partial charge in [-0.05, 0) is 64.9 Å². The normalized spacial score (nSPS) is 16.8. The molecule has 0 spiro atoms. The van der Waals surface area contributed by atoms with Gasteiger partial charge in [-0.15, -0.1) is 11.3 Å². The summed E-state index contributed by atoms with van der Waals surface area (Å²) in [5.41, 5.74) is 0.260. The van der Waals surface area contributed by atoms with Crippen LogP contribution in [0.3, 0.4) is 0 Å². The molecule has 1 aliphatic rings. The summed E-state index contributed by atoms with van der Waals surface area (Å²) in [5, 5.41) is 5.28. The number of likely N-dealkylation sites (N-methyl/N-ethyl adjacent to an activating group) is 2. The van der Waals surface area contributed by atoms with E-state index in [1.807, 2.05) is 27.8 Å². The van der Waals surface area contributed by atoms with E-state index in [2.05, 4.69) is 15.2 Å². The van der Waals surface area contributed by atoms with Gasteiger partial charge in [-0.3, -0.25) is 4.90 Å². The number of halogens is 2. The van der Waals surface area contributed by atoms with Gasteiger partial charge in [-0.25, -0.2) is 26.9 Å². The number of nitrogens with zero attached hydrogens (tertiary/aromatic N) is 4. The van der Waals surface area contributed by atoms with Crippen LogP contribution >= 0.6 is 22.9 Å². The Hall–Kier alpha value is -3.33. The van der Waals surface area contributed by atoms with Gasteiger partial charge in [0.25, 0.3) is 10.0 Å². The fourth-order valence-corrected chi connectivity index (χ4v) is 8.22. The molecule has 1 amide bonds. The first kappa shape index (κ1) is 37.5. The molecule has 3 aromatic rings. The molecule has 0 unspecified atom stereocenters. The number of sulfonamides is 1. The second-order valence-electron chi connectivity index (χ2n) is 12.8. The number of anilines is 2. The molecule has 4 rings (SSSR count). The predicted octanol–water partition coefficient (Wildman–Crippen LogP) is 6.87. The van der Waals surface area contributed by atoms with E-state index in [0.29, 0.717) is 35.8 Å². The maximum atomic E-state index is 15.9. The lowest BCUT2D eigenvalue weighted by Gasteiger charge is -2.39. The van der Waals surface area contributed by atoms with Crippen LogP contribution < -0.4 is 19.1 Å². The molecule has 1 fully saturated rings. The third-order valence-corrected chi connectivity index (χ3v) is 11.1. The highest BCUT2D eigenvalue weighted by Crippen LogP contribution is 2.36. The number of carbonyl (C=O) groups is 1. The number of hydrogen-bond acceptors (Lipinski definition) is 10. The fraction of sp³-hybridized carbons (Fsp3) is 0.515. The van der Waals surface area contributed by atoms with Gasteiger partial charge in [-0.2, -0.15) is 0 Å². The Morgan fingerprint density at radius 2 is 1.83 bits per heavy atom. The summed E-state index contributed by atoms with van der Waals surface area (Å²) in [6, 6.07) is 7.32. The van der Waals surface area contributed by atoms with Crippen LogP contribution in [0.5, 0.6) is 11.5 Å². The van der Waals surface area contributed by atoms with Crippen molar-refractivity contribution < 1.29 is 31.8 Å². The van der Waals surface area contributed by atoms with Crippen LogP contribution in [0.1, 0.15) is 52.0 Å². The summed E-state index contributed by atoms with van der Waals surface area (Å²) >= 11 is 7.80. The molecule has 2 aromatic carbocycles. The van der Waals surface area contributed by atoms with Crippen LogP contribution in [0.4, 0.5) is 20.0 Å². The molecular weight excluding hydrogens is 681 g/mol. The number of aromatic nitrogens is 1. The van der Waals surface area contributed by atoms with Crippen molar-refractivity contribution in [2.45, 2.75) is 75.6 Å². The van der Waals surface area contributed by atoms with Crippen molar-refractivity contribution >= 4 is 49.9 Å². The molecule has 264 valence electrons. The van der Waals surface area contributed by atoms with Crippen LogP contribution in [0.15, 0.2) is 46.8 Å². The summed E-state index contributed by atoms with van der Waals surface area (Å²) < 4.78 is 61.3. The molecule has 1 N–H and O–H groups in total. The van der Waals surface area contributed by atoms with E-state index in [1.165, 1.54) is 20.4 Å². The van der Waals surface area contributed by atoms with Crippen molar-refractivity contribution in [3.63, 3.8) is 0 Å². The van der Waals surface area contributed by atoms with Gasteiger partial charge < -0.3 is 24.4 Å². The zero-order valence-electron chi connectivity index (χ0n) is 28.5. The highest BCUT2D eigenvalue weighted by molar-refractivity contribution is 7.93. The van der Waals surface area contributed by atoms with Gasteiger partial charge in [0.1, 0.15) is 27.8 Å². The number of methoxy groups -OCH3 is 2. The summed E-state index contributed by atoms with van der Waals surface area (Å²) in [4.78, 5) is 19.8. The molecule has 48 heavy (non-hydrogen) atoms. The summed E-state index contributed by atoms with van der Waals surface area (Å²) in [5.74, 6) is 0.0113. The molecule has 15 heteroatoms. The van der Waals surface area contributed by atoms with Crippen LogP contribution in [0.2, 0.25) is 5.02 Å². The zero-order chi connectivity index (χ0) is 35.2. The van der Waals surface area contributed by atoms with Gasteiger partial charge in [0.05, 0.1) is 31.5 Å². The molecule has 0 aliphatic heterocycles. The van der Waals surface area contributed by atoms with Crippen LogP contribution in [-0.2, 0) is 21.3 Å². The number of rotatable bonds is 13. The Morgan fingerprint density at radius 1 is 1.10 bits per heavy atom. The Morgan fingerprint density at radius 3 is 2.48 bits per heavy atom. The number of benzene rings is 2. The SMILES string of the molecule is COc1ccc(CN(c2nccs2)S(=O)(=O)c2cc(Cl)c(N[C@H]3CCCC[C@@H]3N(C)CCN(C)C(=O)OC(C)(C)C)cc2F)c(OC)c1. The van der Waals surface area contributed by atoms with Gasteiger partial charge in [0.2, 0.25) is 0 Å². The second-order valence-corrected chi connectivity index (χ2v) is 15.9. The smallest absolute Gasteiger partial charge is 0.410 e. The average molecular weight is 726 g/mol. The van der Waals surface area contributed by atoms with Crippen molar-refractivity contribution in [1.29, 1.82) is 0 Å². The van der Waals surface area contributed by atoms with E-state index < -0.39 is 26.3 Å². The van der Waals surface area contributed by atoms with Crippen molar-refractivity contribution in [2.75, 3.05) is 51.0 Å². The van der Waals surface area contributed by atoms with E-state index in [9.17, 15) is 13.2 Å². The van der Waals surface area contributed by atoms with Crippen LogP contribution in [-0.4, -0.2) is 88.4 Å². The summed E-state index contributed by atoms with van der Waals surface area (Å²) in [6.45, 7) is 6.39. The minimum atomic E-state index is -4.47. The Balaban J connectivity index is 1.54. The molecule has 1 saturated carbocycles. The van der Waals surface area contributed by atoms with Crippen molar-refractivity contribution in [3.8, 4) is 11.5 Å². The van der Waals surface area contributed by atoms with E-state index in [4.69, 9.17) is 25.8 Å². The molecule has 0 bridgehead atoms. The van der Waals surface area contributed by atoms with E-state index in [-0.39, 0.29) is 34.9 Å². The van der Waals surface area contributed by atoms with Gasteiger partial charge in [0.15, 0.2) is 5.13 Å². The Labute approximate surface area is 292 Å². The lowest BCUT2D eigenvalue weighted by Crippen LogP contribution is -2.49. The Bertz CT molecular complexity index is 1650. The highest BCUT2D eigenvalue weighted by Gasteiger charge is 2.33. The largest absolute Gasteiger partial charge is 0.497 e. The van der Waals surface area contributed by atoms with E-state index >= 15 is 4.39 Å². The second kappa shape index (κ2) is 15.9. The molecule has 1 aromatic heterocycles. The lowest BCUT2D eigenvalue weighted by molar-refractivity contribution is 0.0275. The van der Waals surface area contributed by atoms with Crippen molar-refractivity contribution in [1.82, 2.24) is 14.8 Å². The average Bonchev–Trinajstić information content (AvgIpc) is 3.57. The highest BCUT2D eigenvalue weighted by atomic mass is 35.5. The van der Waals surface area contributed by atoms with Crippen LogP contribution in [0, 0.1) is 5.82 Å². The monoisotopic (exact) mass is 725 g/mol. The predicted molar refractivity (Wildman–Crippen MR) is 188 cm³/mol. The molecule has 11 nitrogen and oxygen atoms in total. The van der Waals surface area contributed by atoms with Gasteiger partial charge in [-0.1, -0.05) is 24.4 Å². The first-order valence-electron chi connectivity index (χ1n) is 15.7. The molecule has 0 saturated heterocycles. The quantitative estimate of drug-likeness (QED) is 0.202. The number of hydrogen-bond donors (Lipinski definition) is 1. The Kier molecular flexibility index (Phi) is 12.4. The van der Waals surface area contributed by atoms with Gasteiger partial charge in [0, 0.05) is 55.4 Å². The third-order valence-electron chi connectivity index (χ3n) is 8.16. The third kappa shape index (κ3) is 9.21. The molecular formula is C33H45ClFN5O6S2. The number of nitrogens with one attached hydrogen (secondary N) is 1. The molecule has 2 atom stereocenters. The summed E-state index contributed by atoms with van der Waals surface area (Å²) in [6.07, 6.45) is 4.81. The maximum Gasteiger partial charge on any atom is 0.410 e. The van der Waals surface area contributed by atoms with E-state index in [0.717, 1.165) is 53.5 Å². The summed E-state index contributed by atoms with van der Waals surface area (Å²) in [7, 11) is 2.23. The molecule has 1 aliphatic carbocycles. The maximum absolute atomic E-state index is 15.9. The number of thiazole rings is 1. The minimum absolute atomic E-state index is 0.0766. The fourth-order valence-electron chi connectivity index (χ4n) is 5.60. The molecule has 0 radical (unpaired) electrons. The number of ether oxygens (including phenoxy) is 3. The first-order valence-corrected chi connectivity index (χ1v) is 18.4. The number of carbonyl (C=O) groups excluding carboxylic acids is 1. The van der Waals surface area contributed by atoms with Crippen LogP contribution in [0.25, 0.3) is 0 Å². The zero-order valence-corrected chi connectivity index (χ0v) is 30.8. The topological polar surface area (TPSA) is 114 Å². The minimum Gasteiger partial charge on any atom is -0.497 e. The number of amides is 1. The van der Waals surface area contributed by atoms with Gasteiger partial charge >= 0.3 is 6.09 Å².